The molecule has 68 valence electrons. The quantitative estimate of drug-likeness (QED) is 0.617. The summed E-state index contributed by atoms with van der Waals surface area (Å²) in [6, 6.07) is 0. The van der Waals surface area contributed by atoms with E-state index in [9.17, 15) is 0 Å². The second-order valence-corrected chi connectivity index (χ2v) is 3.35. The molecule has 0 fully saturated rings. The highest BCUT2D eigenvalue weighted by atomic mass is 14.8. The molecular formula is C11H19N. The van der Waals surface area contributed by atoms with Crippen LogP contribution < -0.4 is 5.32 Å². The van der Waals surface area contributed by atoms with E-state index in [2.05, 4.69) is 36.5 Å². The predicted molar refractivity (Wildman–Crippen MR) is 54.2 cm³/mol. The highest BCUT2D eigenvalue weighted by molar-refractivity contribution is 5.10. The molecule has 1 aliphatic rings. The van der Waals surface area contributed by atoms with Gasteiger partial charge in [-0.05, 0) is 38.3 Å². The molecule has 0 aromatic rings. The first-order valence-electron chi connectivity index (χ1n) is 4.97. The fourth-order valence-corrected chi connectivity index (χ4v) is 1.44. The smallest absolute Gasteiger partial charge is 0.00432 e. The van der Waals surface area contributed by atoms with Gasteiger partial charge in [-0.3, -0.25) is 0 Å². The molecule has 1 aliphatic carbocycles. The average Bonchev–Trinajstić information content (AvgIpc) is 2.14. The first-order chi connectivity index (χ1) is 5.93. The van der Waals surface area contributed by atoms with Crippen LogP contribution in [0.2, 0.25) is 0 Å². The Morgan fingerprint density at radius 3 is 2.92 bits per heavy atom. The molecule has 1 unspecified atom stereocenters. The zero-order chi connectivity index (χ0) is 8.65. The van der Waals surface area contributed by atoms with Crippen molar-refractivity contribution in [2.24, 2.45) is 5.92 Å². The summed E-state index contributed by atoms with van der Waals surface area (Å²) in [5.74, 6) is 0.777. The van der Waals surface area contributed by atoms with E-state index in [1.807, 2.05) is 0 Å². The van der Waals surface area contributed by atoms with Crippen molar-refractivity contribution in [2.45, 2.75) is 26.2 Å². The van der Waals surface area contributed by atoms with E-state index in [1.54, 1.807) is 0 Å². The summed E-state index contributed by atoms with van der Waals surface area (Å²) in [5.41, 5.74) is 0. The summed E-state index contributed by atoms with van der Waals surface area (Å²) >= 11 is 0. The minimum absolute atomic E-state index is 0.777. The normalized spacial score (nSPS) is 21.6. The molecule has 1 nitrogen and oxygen atoms in total. The number of allylic oxidation sites excluding steroid dienone is 4. The minimum Gasteiger partial charge on any atom is -0.317 e. The molecule has 0 heterocycles. The lowest BCUT2D eigenvalue weighted by Crippen LogP contribution is -2.18. The van der Waals surface area contributed by atoms with Crippen LogP contribution in [0.4, 0.5) is 0 Å². The Morgan fingerprint density at radius 1 is 1.33 bits per heavy atom. The number of hydrogen-bond acceptors (Lipinski definition) is 1. The fraction of sp³-hybridized carbons (Fsp3) is 0.636. The lowest BCUT2D eigenvalue weighted by atomic mass is 9.97. The molecule has 0 bridgehead atoms. The number of rotatable bonds is 5. The third-order valence-corrected chi connectivity index (χ3v) is 2.19. The van der Waals surface area contributed by atoms with Crippen molar-refractivity contribution in [3.63, 3.8) is 0 Å². The molecule has 1 heteroatoms. The van der Waals surface area contributed by atoms with Crippen LogP contribution in [-0.2, 0) is 0 Å². The van der Waals surface area contributed by atoms with Crippen molar-refractivity contribution >= 4 is 0 Å². The molecule has 0 amide bonds. The number of nitrogens with one attached hydrogen (secondary N) is 1. The van der Waals surface area contributed by atoms with E-state index in [-0.39, 0.29) is 0 Å². The van der Waals surface area contributed by atoms with Crippen LogP contribution in [0.3, 0.4) is 0 Å². The molecule has 1 N–H and O–H groups in total. The van der Waals surface area contributed by atoms with E-state index in [0.29, 0.717) is 0 Å². The molecule has 0 aromatic heterocycles. The summed E-state index contributed by atoms with van der Waals surface area (Å²) in [6.07, 6.45) is 12.6. The Balaban J connectivity index is 2.00. The maximum atomic E-state index is 3.42. The van der Waals surface area contributed by atoms with Gasteiger partial charge >= 0.3 is 0 Å². The monoisotopic (exact) mass is 165 g/mol. The Morgan fingerprint density at radius 2 is 2.25 bits per heavy atom. The van der Waals surface area contributed by atoms with Crippen LogP contribution in [0.5, 0.6) is 0 Å². The van der Waals surface area contributed by atoms with Gasteiger partial charge in [0.15, 0.2) is 0 Å². The maximum Gasteiger partial charge on any atom is -0.00432 e. The molecule has 1 atom stereocenters. The second-order valence-electron chi connectivity index (χ2n) is 3.35. The van der Waals surface area contributed by atoms with Gasteiger partial charge in [-0.2, -0.15) is 0 Å². The van der Waals surface area contributed by atoms with Crippen LogP contribution in [0, 0.1) is 5.92 Å². The van der Waals surface area contributed by atoms with Crippen LogP contribution >= 0.6 is 0 Å². The van der Waals surface area contributed by atoms with Gasteiger partial charge in [-0.15, -0.1) is 0 Å². The molecule has 0 saturated carbocycles. The van der Waals surface area contributed by atoms with Crippen LogP contribution in [0.25, 0.3) is 0 Å². The Hall–Kier alpha value is -0.560. The van der Waals surface area contributed by atoms with Gasteiger partial charge in [-0.25, -0.2) is 0 Å². The van der Waals surface area contributed by atoms with Gasteiger partial charge in [0, 0.05) is 0 Å². The Kier molecular flexibility index (Phi) is 4.77. The highest BCUT2D eigenvalue weighted by Crippen LogP contribution is 2.14. The van der Waals surface area contributed by atoms with Crippen LogP contribution in [-0.4, -0.2) is 13.1 Å². The molecule has 0 spiro atoms. The topological polar surface area (TPSA) is 12.0 Å². The summed E-state index contributed by atoms with van der Waals surface area (Å²) in [5, 5.41) is 3.42. The van der Waals surface area contributed by atoms with Crippen molar-refractivity contribution in [1.29, 1.82) is 0 Å². The van der Waals surface area contributed by atoms with Gasteiger partial charge in [0.05, 0.1) is 0 Å². The SMILES string of the molecule is CCCNCCC1C=CC=CC1. The highest BCUT2D eigenvalue weighted by Gasteiger charge is 2.03. The van der Waals surface area contributed by atoms with Crippen molar-refractivity contribution in [2.75, 3.05) is 13.1 Å². The van der Waals surface area contributed by atoms with E-state index >= 15 is 0 Å². The van der Waals surface area contributed by atoms with Gasteiger partial charge in [0.1, 0.15) is 0 Å². The average molecular weight is 165 g/mol. The Bertz CT molecular complexity index is 158. The van der Waals surface area contributed by atoms with Crippen LogP contribution in [0.15, 0.2) is 24.3 Å². The summed E-state index contributed by atoms with van der Waals surface area (Å²) in [6.45, 7) is 4.53. The molecule has 0 aromatic carbocycles. The summed E-state index contributed by atoms with van der Waals surface area (Å²) in [4.78, 5) is 0. The van der Waals surface area contributed by atoms with Crippen molar-refractivity contribution in [3.8, 4) is 0 Å². The predicted octanol–water partition coefficient (Wildman–Crippen LogP) is 2.51. The molecule has 0 radical (unpaired) electrons. The van der Waals surface area contributed by atoms with Crippen molar-refractivity contribution < 1.29 is 0 Å². The second kappa shape index (κ2) is 6.01. The first-order valence-corrected chi connectivity index (χ1v) is 4.97. The fourth-order valence-electron chi connectivity index (χ4n) is 1.44. The number of hydrogen-bond donors (Lipinski definition) is 1. The molecule has 0 aliphatic heterocycles. The molecule has 1 rings (SSSR count). The summed E-state index contributed by atoms with van der Waals surface area (Å²) in [7, 11) is 0. The molecular weight excluding hydrogens is 146 g/mol. The van der Waals surface area contributed by atoms with Crippen molar-refractivity contribution in [1.82, 2.24) is 5.32 Å². The largest absolute Gasteiger partial charge is 0.317 e. The van der Waals surface area contributed by atoms with E-state index in [0.717, 1.165) is 19.0 Å². The third-order valence-electron chi connectivity index (χ3n) is 2.19. The lowest BCUT2D eigenvalue weighted by Gasteiger charge is -2.12. The van der Waals surface area contributed by atoms with E-state index in [1.165, 1.54) is 19.3 Å². The molecule has 12 heavy (non-hydrogen) atoms. The lowest BCUT2D eigenvalue weighted by molar-refractivity contribution is 0.543. The Labute approximate surface area is 75.6 Å². The van der Waals surface area contributed by atoms with Crippen LogP contribution in [0.1, 0.15) is 26.2 Å². The molecule has 0 saturated heterocycles. The third kappa shape index (κ3) is 3.72. The minimum atomic E-state index is 0.777. The van der Waals surface area contributed by atoms with Gasteiger partial charge in [0.25, 0.3) is 0 Å². The van der Waals surface area contributed by atoms with Gasteiger partial charge < -0.3 is 5.32 Å². The van der Waals surface area contributed by atoms with Gasteiger partial charge in [-0.1, -0.05) is 31.2 Å². The van der Waals surface area contributed by atoms with Gasteiger partial charge in [0.2, 0.25) is 0 Å². The first kappa shape index (κ1) is 9.53. The van der Waals surface area contributed by atoms with E-state index < -0.39 is 0 Å². The zero-order valence-electron chi connectivity index (χ0n) is 7.92. The van der Waals surface area contributed by atoms with Crippen molar-refractivity contribution in [3.05, 3.63) is 24.3 Å². The summed E-state index contributed by atoms with van der Waals surface area (Å²) < 4.78 is 0. The standard InChI is InChI=1S/C11H19N/c1-2-9-12-10-8-11-6-4-3-5-7-11/h3-6,11-12H,2,7-10H2,1H3. The van der Waals surface area contributed by atoms with E-state index in [4.69, 9.17) is 0 Å². The maximum absolute atomic E-state index is 3.42. The zero-order valence-corrected chi connectivity index (χ0v) is 7.92.